The fourth-order valence-electron chi connectivity index (χ4n) is 2.87. The van der Waals surface area contributed by atoms with Crippen LogP contribution in [0.15, 0.2) is 34.6 Å². The van der Waals surface area contributed by atoms with Gasteiger partial charge in [0.1, 0.15) is 0 Å². The fraction of sp³-hybridized carbons (Fsp3) is 0.333. The van der Waals surface area contributed by atoms with Gasteiger partial charge in [0.25, 0.3) is 0 Å². The molecule has 0 bridgehead atoms. The third-order valence-electron chi connectivity index (χ3n) is 3.88. The highest BCUT2D eigenvalue weighted by Crippen LogP contribution is 2.29. The number of oxime groups is 1. The quantitative estimate of drug-likeness (QED) is 0.300. The molecule has 3 rings (SSSR count). The standard InChI is InChI=1S/C15H18N4OS/c1-21-13-8-4-7-12(14(13)15(16)18-20)19-9-17-10-5-2-3-6-11(10)19/h4,7-9,20H,2-3,5-6H2,1H3,(H2,16,18). The zero-order valence-corrected chi connectivity index (χ0v) is 12.7. The van der Waals surface area contributed by atoms with Crippen molar-refractivity contribution in [1.29, 1.82) is 0 Å². The molecule has 0 amide bonds. The van der Waals surface area contributed by atoms with E-state index in [9.17, 15) is 0 Å². The van der Waals surface area contributed by atoms with E-state index in [0.717, 1.165) is 29.0 Å². The number of imidazole rings is 1. The van der Waals surface area contributed by atoms with E-state index in [1.165, 1.54) is 24.2 Å². The molecular formula is C15H18N4OS. The van der Waals surface area contributed by atoms with Crippen molar-refractivity contribution in [3.8, 4) is 5.69 Å². The Balaban J connectivity index is 2.21. The summed E-state index contributed by atoms with van der Waals surface area (Å²) < 4.78 is 2.08. The number of hydrogen-bond donors (Lipinski definition) is 2. The van der Waals surface area contributed by atoms with Gasteiger partial charge in [-0.2, -0.15) is 0 Å². The van der Waals surface area contributed by atoms with Crippen LogP contribution in [-0.2, 0) is 12.8 Å². The number of aryl methyl sites for hydroxylation is 1. The molecule has 0 unspecified atom stereocenters. The van der Waals surface area contributed by atoms with E-state index in [4.69, 9.17) is 10.9 Å². The van der Waals surface area contributed by atoms with Gasteiger partial charge >= 0.3 is 0 Å². The molecule has 6 heteroatoms. The van der Waals surface area contributed by atoms with Crippen LogP contribution in [0.4, 0.5) is 0 Å². The van der Waals surface area contributed by atoms with Crippen LogP contribution in [0.2, 0.25) is 0 Å². The molecule has 1 aliphatic carbocycles. The number of fused-ring (bicyclic) bond motifs is 1. The molecule has 1 aromatic carbocycles. The second-order valence-corrected chi connectivity index (χ2v) is 5.90. The van der Waals surface area contributed by atoms with Crippen LogP contribution in [0.25, 0.3) is 5.69 Å². The first kappa shape index (κ1) is 14.0. The van der Waals surface area contributed by atoms with Gasteiger partial charge in [0, 0.05) is 10.6 Å². The maximum atomic E-state index is 9.10. The minimum atomic E-state index is 0.133. The van der Waals surface area contributed by atoms with Gasteiger partial charge in [-0.05, 0) is 44.1 Å². The summed E-state index contributed by atoms with van der Waals surface area (Å²) in [5.74, 6) is 0.133. The number of amidine groups is 1. The van der Waals surface area contributed by atoms with E-state index in [0.29, 0.717) is 0 Å². The van der Waals surface area contributed by atoms with Crippen molar-refractivity contribution in [1.82, 2.24) is 9.55 Å². The average molecular weight is 302 g/mol. The topological polar surface area (TPSA) is 76.4 Å². The second-order valence-electron chi connectivity index (χ2n) is 5.05. The first-order valence-corrected chi connectivity index (χ1v) is 8.19. The lowest BCUT2D eigenvalue weighted by molar-refractivity contribution is 0.318. The van der Waals surface area contributed by atoms with Crippen molar-refractivity contribution in [3.63, 3.8) is 0 Å². The Morgan fingerprint density at radius 3 is 2.95 bits per heavy atom. The van der Waals surface area contributed by atoms with Crippen LogP contribution in [0, 0.1) is 0 Å². The Kier molecular flexibility index (Phi) is 3.88. The summed E-state index contributed by atoms with van der Waals surface area (Å²) in [6.07, 6.45) is 8.26. The van der Waals surface area contributed by atoms with Crippen LogP contribution in [-0.4, -0.2) is 26.8 Å². The summed E-state index contributed by atoms with van der Waals surface area (Å²) in [7, 11) is 0. The SMILES string of the molecule is CSc1cccc(-n2cnc3c2CCCC3)c1/C(N)=N/O. The zero-order valence-electron chi connectivity index (χ0n) is 11.9. The number of benzene rings is 1. The Labute approximate surface area is 127 Å². The molecule has 110 valence electrons. The normalized spacial score (nSPS) is 15.0. The van der Waals surface area contributed by atoms with Crippen LogP contribution in [0.5, 0.6) is 0 Å². The Morgan fingerprint density at radius 2 is 2.19 bits per heavy atom. The number of thioether (sulfide) groups is 1. The summed E-state index contributed by atoms with van der Waals surface area (Å²) >= 11 is 1.58. The van der Waals surface area contributed by atoms with Gasteiger partial charge in [0.05, 0.1) is 23.3 Å². The minimum Gasteiger partial charge on any atom is -0.409 e. The Hall–Kier alpha value is -1.95. The van der Waals surface area contributed by atoms with Crippen LogP contribution < -0.4 is 5.73 Å². The lowest BCUT2D eigenvalue weighted by Crippen LogP contribution is -2.18. The maximum absolute atomic E-state index is 9.10. The number of nitrogens with two attached hydrogens (primary N) is 1. The van der Waals surface area contributed by atoms with Crippen LogP contribution >= 0.6 is 11.8 Å². The first-order chi connectivity index (χ1) is 10.3. The van der Waals surface area contributed by atoms with Gasteiger partial charge in [0.15, 0.2) is 5.84 Å². The summed E-state index contributed by atoms with van der Waals surface area (Å²) in [6, 6.07) is 5.96. The zero-order chi connectivity index (χ0) is 14.8. The van der Waals surface area contributed by atoms with Crippen LogP contribution in [0.1, 0.15) is 29.8 Å². The summed E-state index contributed by atoms with van der Waals surface area (Å²) in [5, 5.41) is 12.3. The molecule has 0 spiro atoms. The monoisotopic (exact) mass is 302 g/mol. The van der Waals surface area contributed by atoms with Crippen LogP contribution in [0.3, 0.4) is 0 Å². The molecule has 5 nitrogen and oxygen atoms in total. The minimum absolute atomic E-state index is 0.133. The molecule has 0 saturated heterocycles. The van der Waals surface area contributed by atoms with Crippen molar-refractivity contribution in [2.45, 2.75) is 30.6 Å². The van der Waals surface area contributed by atoms with Crippen molar-refractivity contribution in [3.05, 3.63) is 41.5 Å². The molecule has 0 fully saturated rings. The van der Waals surface area contributed by atoms with Gasteiger partial charge in [-0.1, -0.05) is 11.2 Å². The van der Waals surface area contributed by atoms with Gasteiger partial charge in [-0.15, -0.1) is 11.8 Å². The molecule has 0 radical (unpaired) electrons. The van der Waals surface area contributed by atoms with E-state index in [1.54, 1.807) is 11.8 Å². The number of rotatable bonds is 3. The highest BCUT2D eigenvalue weighted by Gasteiger charge is 2.20. The lowest BCUT2D eigenvalue weighted by Gasteiger charge is -2.17. The van der Waals surface area contributed by atoms with Gasteiger partial charge < -0.3 is 15.5 Å². The largest absolute Gasteiger partial charge is 0.409 e. The van der Waals surface area contributed by atoms with E-state index >= 15 is 0 Å². The third-order valence-corrected chi connectivity index (χ3v) is 4.66. The maximum Gasteiger partial charge on any atom is 0.173 e. The van der Waals surface area contributed by atoms with Crippen molar-refractivity contribution >= 4 is 17.6 Å². The van der Waals surface area contributed by atoms with E-state index in [-0.39, 0.29) is 5.84 Å². The second kappa shape index (κ2) is 5.81. The lowest BCUT2D eigenvalue weighted by atomic mass is 10.0. The van der Waals surface area contributed by atoms with Gasteiger partial charge in [0.2, 0.25) is 0 Å². The summed E-state index contributed by atoms with van der Waals surface area (Å²) in [4.78, 5) is 5.51. The Bertz CT molecular complexity index is 693. The molecular weight excluding hydrogens is 284 g/mol. The smallest absolute Gasteiger partial charge is 0.173 e. The summed E-state index contributed by atoms with van der Waals surface area (Å²) in [6.45, 7) is 0. The average Bonchev–Trinajstić information content (AvgIpc) is 2.97. The number of aromatic nitrogens is 2. The van der Waals surface area contributed by atoms with Gasteiger partial charge in [-0.25, -0.2) is 4.98 Å². The molecule has 1 aromatic heterocycles. The highest BCUT2D eigenvalue weighted by atomic mass is 32.2. The predicted molar refractivity (Wildman–Crippen MR) is 84.5 cm³/mol. The van der Waals surface area contributed by atoms with Crippen molar-refractivity contribution in [2.75, 3.05) is 6.26 Å². The van der Waals surface area contributed by atoms with Crippen molar-refractivity contribution < 1.29 is 5.21 Å². The highest BCUT2D eigenvalue weighted by molar-refractivity contribution is 7.98. The molecule has 0 aliphatic heterocycles. The molecule has 1 aliphatic rings. The molecule has 3 N–H and O–H groups in total. The van der Waals surface area contributed by atoms with E-state index < -0.39 is 0 Å². The third kappa shape index (κ3) is 2.40. The fourth-order valence-corrected chi connectivity index (χ4v) is 3.50. The Morgan fingerprint density at radius 1 is 1.38 bits per heavy atom. The first-order valence-electron chi connectivity index (χ1n) is 6.96. The van der Waals surface area contributed by atoms with Gasteiger partial charge in [-0.3, -0.25) is 0 Å². The predicted octanol–water partition coefficient (Wildman–Crippen LogP) is 2.57. The van der Waals surface area contributed by atoms with Crippen molar-refractivity contribution in [2.24, 2.45) is 10.9 Å². The molecule has 21 heavy (non-hydrogen) atoms. The van der Waals surface area contributed by atoms with E-state index in [2.05, 4.69) is 14.7 Å². The van der Waals surface area contributed by atoms with E-state index in [1.807, 2.05) is 30.8 Å². The molecule has 1 heterocycles. The molecule has 0 atom stereocenters. The summed E-state index contributed by atoms with van der Waals surface area (Å²) in [5.41, 5.74) is 10.0. The number of nitrogens with zero attached hydrogens (tertiary/aromatic N) is 3. The molecule has 0 saturated carbocycles. The number of hydrogen-bond acceptors (Lipinski definition) is 4. The molecule has 2 aromatic rings.